The Morgan fingerprint density at radius 1 is 1.07 bits per heavy atom. The number of esters is 1. The minimum atomic E-state index is -0.306. The van der Waals surface area contributed by atoms with Crippen molar-refractivity contribution in [1.29, 1.82) is 0 Å². The number of halogens is 1. The molecular weight excluding hydrogens is 395 g/mol. The molecule has 0 atom stereocenters. The van der Waals surface area contributed by atoms with E-state index in [0.29, 0.717) is 5.03 Å². The molecule has 2 aromatic carbocycles. The molecule has 0 unspecified atom stereocenters. The topological polar surface area (TPSA) is 52.1 Å². The lowest BCUT2D eigenvalue weighted by Gasteiger charge is -2.06. The van der Waals surface area contributed by atoms with Gasteiger partial charge in [0.05, 0.1) is 11.1 Å². The maximum Gasteiger partial charge on any atom is 0.316 e. The third-order valence-corrected chi connectivity index (χ3v) is 5.91. The number of ether oxygens (including phenoxy) is 1. The van der Waals surface area contributed by atoms with Gasteiger partial charge in [-0.2, -0.15) is 0 Å². The summed E-state index contributed by atoms with van der Waals surface area (Å²) >= 11 is 2.81. The molecule has 0 N–H and O–H groups in total. The standard InChI is InChI=1S/C21H15FN2O2S2/c22-16-8-6-15(7-9-16)17-11-27-20-19(17)21(24-13-23-20)28-12-18(25)26-10-14-4-2-1-3-5-14/h1-9,11,13H,10,12H2. The molecule has 0 saturated carbocycles. The number of carbonyl (C=O) groups is 1. The van der Waals surface area contributed by atoms with E-state index in [1.54, 1.807) is 12.1 Å². The average Bonchev–Trinajstić information content (AvgIpc) is 3.17. The quantitative estimate of drug-likeness (QED) is 0.244. The van der Waals surface area contributed by atoms with Gasteiger partial charge >= 0.3 is 5.97 Å². The molecule has 140 valence electrons. The number of carbonyl (C=O) groups excluding carboxylic acids is 1. The molecule has 0 aliphatic rings. The number of thioether (sulfide) groups is 1. The largest absolute Gasteiger partial charge is 0.460 e. The summed E-state index contributed by atoms with van der Waals surface area (Å²) < 4.78 is 18.6. The van der Waals surface area contributed by atoms with Gasteiger partial charge in [-0.15, -0.1) is 11.3 Å². The van der Waals surface area contributed by atoms with Crippen molar-refractivity contribution in [3.63, 3.8) is 0 Å². The highest BCUT2D eigenvalue weighted by molar-refractivity contribution is 8.00. The number of thiophene rings is 1. The van der Waals surface area contributed by atoms with Gasteiger partial charge in [-0.3, -0.25) is 4.79 Å². The SMILES string of the molecule is O=C(CSc1ncnc2scc(-c3ccc(F)cc3)c12)OCc1ccccc1. The van der Waals surface area contributed by atoms with Crippen molar-refractivity contribution in [2.75, 3.05) is 5.75 Å². The van der Waals surface area contributed by atoms with E-state index in [1.165, 1.54) is 41.6 Å². The zero-order chi connectivity index (χ0) is 19.3. The summed E-state index contributed by atoms with van der Waals surface area (Å²) in [7, 11) is 0. The lowest BCUT2D eigenvalue weighted by atomic mass is 10.1. The van der Waals surface area contributed by atoms with Crippen molar-refractivity contribution >= 4 is 39.3 Å². The van der Waals surface area contributed by atoms with E-state index in [2.05, 4.69) is 9.97 Å². The summed E-state index contributed by atoms with van der Waals surface area (Å²) in [6, 6.07) is 15.9. The van der Waals surface area contributed by atoms with E-state index >= 15 is 0 Å². The van der Waals surface area contributed by atoms with Gasteiger partial charge in [0.2, 0.25) is 0 Å². The predicted molar refractivity (Wildman–Crippen MR) is 110 cm³/mol. The van der Waals surface area contributed by atoms with Gasteiger partial charge in [0.1, 0.15) is 28.6 Å². The van der Waals surface area contributed by atoms with Gasteiger partial charge in [-0.05, 0) is 23.3 Å². The fourth-order valence-electron chi connectivity index (χ4n) is 2.71. The second kappa shape index (κ2) is 8.50. The van der Waals surface area contributed by atoms with Crippen LogP contribution >= 0.6 is 23.1 Å². The van der Waals surface area contributed by atoms with Crippen LogP contribution in [-0.4, -0.2) is 21.7 Å². The third kappa shape index (κ3) is 4.21. The molecule has 0 radical (unpaired) electrons. The molecule has 0 fully saturated rings. The number of benzene rings is 2. The summed E-state index contributed by atoms with van der Waals surface area (Å²) in [5.41, 5.74) is 2.76. The van der Waals surface area contributed by atoms with Crippen LogP contribution in [0.3, 0.4) is 0 Å². The Hall–Kier alpha value is -2.77. The van der Waals surface area contributed by atoms with Crippen LogP contribution in [0.5, 0.6) is 0 Å². The Morgan fingerprint density at radius 3 is 2.64 bits per heavy atom. The predicted octanol–water partition coefficient (Wildman–Crippen LogP) is 5.33. The molecule has 0 spiro atoms. The number of fused-ring (bicyclic) bond motifs is 1. The molecule has 0 saturated heterocycles. The van der Waals surface area contributed by atoms with E-state index in [-0.39, 0.29) is 24.1 Å². The van der Waals surface area contributed by atoms with E-state index < -0.39 is 0 Å². The van der Waals surface area contributed by atoms with Crippen LogP contribution in [0.15, 0.2) is 71.3 Å². The van der Waals surface area contributed by atoms with Gasteiger partial charge < -0.3 is 4.74 Å². The van der Waals surface area contributed by atoms with E-state index in [0.717, 1.165) is 26.9 Å². The number of hydrogen-bond acceptors (Lipinski definition) is 6. The molecule has 28 heavy (non-hydrogen) atoms. The lowest BCUT2D eigenvalue weighted by Crippen LogP contribution is -2.07. The Morgan fingerprint density at radius 2 is 1.86 bits per heavy atom. The maximum atomic E-state index is 13.2. The van der Waals surface area contributed by atoms with E-state index in [4.69, 9.17) is 4.74 Å². The van der Waals surface area contributed by atoms with E-state index in [9.17, 15) is 9.18 Å². The molecule has 2 aromatic heterocycles. The van der Waals surface area contributed by atoms with Crippen molar-refractivity contribution in [3.05, 3.63) is 77.7 Å². The van der Waals surface area contributed by atoms with Crippen LogP contribution < -0.4 is 0 Å². The molecule has 4 rings (SSSR count). The van der Waals surface area contributed by atoms with Crippen LogP contribution in [0.1, 0.15) is 5.56 Å². The zero-order valence-electron chi connectivity index (χ0n) is 14.7. The highest BCUT2D eigenvalue weighted by Crippen LogP contribution is 2.37. The first-order chi connectivity index (χ1) is 13.7. The molecule has 0 aliphatic carbocycles. The van der Waals surface area contributed by atoms with Crippen LogP contribution in [0, 0.1) is 5.82 Å². The molecule has 4 nitrogen and oxygen atoms in total. The first kappa shape index (κ1) is 18.6. The summed E-state index contributed by atoms with van der Waals surface area (Å²) in [6.45, 7) is 0.249. The van der Waals surface area contributed by atoms with Crippen LogP contribution in [0.25, 0.3) is 21.3 Å². The van der Waals surface area contributed by atoms with E-state index in [1.807, 2.05) is 35.7 Å². The van der Waals surface area contributed by atoms with Gasteiger partial charge in [0.15, 0.2) is 0 Å². The first-order valence-corrected chi connectivity index (χ1v) is 10.4. The summed E-state index contributed by atoms with van der Waals surface area (Å²) in [6.07, 6.45) is 1.49. The summed E-state index contributed by atoms with van der Waals surface area (Å²) in [5, 5.41) is 3.56. The lowest BCUT2D eigenvalue weighted by molar-refractivity contribution is -0.141. The van der Waals surface area contributed by atoms with Crippen LogP contribution in [0.4, 0.5) is 4.39 Å². The molecule has 0 amide bonds. The second-order valence-electron chi connectivity index (χ2n) is 5.95. The molecule has 0 aliphatic heterocycles. The van der Waals surface area contributed by atoms with Gasteiger partial charge in [0, 0.05) is 10.9 Å². The fraction of sp³-hybridized carbons (Fsp3) is 0.0952. The normalized spacial score (nSPS) is 10.9. The molecule has 4 aromatic rings. The van der Waals surface area contributed by atoms with Gasteiger partial charge in [0.25, 0.3) is 0 Å². The Kier molecular flexibility index (Phi) is 5.64. The van der Waals surface area contributed by atoms with Gasteiger partial charge in [-0.1, -0.05) is 54.2 Å². The maximum absolute atomic E-state index is 13.2. The zero-order valence-corrected chi connectivity index (χ0v) is 16.3. The minimum absolute atomic E-state index is 0.150. The van der Waals surface area contributed by atoms with Crippen molar-refractivity contribution in [2.24, 2.45) is 0 Å². The second-order valence-corrected chi connectivity index (χ2v) is 7.77. The van der Waals surface area contributed by atoms with Crippen LogP contribution in [-0.2, 0) is 16.1 Å². The highest BCUT2D eigenvalue weighted by atomic mass is 32.2. The molecular formula is C21H15FN2O2S2. The summed E-state index contributed by atoms with van der Waals surface area (Å²) in [5.74, 6) is -0.438. The van der Waals surface area contributed by atoms with Crippen LogP contribution in [0.2, 0.25) is 0 Å². The fourth-order valence-corrected chi connectivity index (χ4v) is 4.50. The number of aromatic nitrogens is 2. The number of nitrogens with zero attached hydrogens (tertiary/aromatic N) is 2. The molecule has 0 bridgehead atoms. The molecule has 2 heterocycles. The Labute approximate surface area is 169 Å². The van der Waals surface area contributed by atoms with Gasteiger partial charge in [-0.25, -0.2) is 14.4 Å². The number of rotatable bonds is 6. The van der Waals surface area contributed by atoms with Crippen molar-refractivity contribution in [3.8, 4) is 11.1 Å². The summed E-state index contributed by atoms with van der Waals surface area (Å²) in [4.78, 5) is 21.6. The number of hydrogen-bond donors (Lipinski definition) is 0. The van der Waals surface area contributed by atoms with Crippen molar-refractivity contribution in [1.82, 2.24) is 9.97 Å². The smallest absolute Gasteiger partial charge is 0.316 e. The first-order valence-electron chi connectivity index (χ1n) is 8.51. The highest BCUT2D eigenvalue weighted by Gasteiger charge is 2.15. The monoisotopic (exact) mass is 410 g/mol. The minimum Gasteiger partial charge on any atom is -0.460 e. The Bertz CT molecular complexity index is 1100. The van der Waals surface area contributed by atoms with Crippen molar-refractivity contribution < 1.29 is 13.9 Å². The Balaban J connectivity index is 1.50. The molecule has 7 heteroatoms. The average molecular weight is 410 g/mol. The third-order valence-electron chi connectivity index (χ3n) is 4.06. The van der Waals surface area contributed by atoms with Crippen molar-refractivity contribution in [2.45, 2.75) is 11.6 Å².